The van der Waals surface area contributed by atoms with Crippen LogP contribution in [0.15, 0.2) is 59.4 Å². The van der Waals surface area contributed by atoms with E-state index in [-0.39, 0.29) is 17.4 Å². The summed E-state index contributed by atoms with van der Waals surface area (Å²) in [5.74, 6) is 0.253. The standard InChI is InChI=1S/C24H26ClN3O3/c1-15(2)22(23(29)26-20-11-9-19(25)10-12-20)28-24(30)18(13-16(3)27-28)14-17-7-5-6-8-21(17)31-4/h5-13,15,22H,14H2,1-4H3,(H,26,29). The molecule has 0 fully saturated rings. The predicted octanol–water partition coefficient (Wildman–Crippen LogP) is 4.64. The van der Waals surface area contributed by atoms with Gasteiger partial charge in [0.05, 0.1) is 12.8 Å². The van der Waals surface area contributed by atoms with Gasteiger partial charge in [0, 0.05) is 22.7 Å². The highest BCUT2D eigenvalue weighted by Crippen LogP contribution is 2.22. The number of methoxy groups -OCH3 is 1. The molecule has 31 heavy (non-hydrogen) atoms. The van der Waals surface area contributed by atoms with E-state index in [2.05, 4.69) is 10.4 Å². The maximum Gasteiger partial charge on any atom is 0.271 e. The molecule has 0 aliphatic rings. The second-order valence-corrected chi connectivity index (χ2v) is 8.17. The van der Waals surface area contributed by atoms with E-state index in [1.54, 1.807) is 37.4 Å². The Balaban J connectivity index is 1.97. The number of hydrogen-bond donors (Lipinski definition) is 1. The first-order valence-corrected chi connectivity index (χ1v) is 10.5. The first-order valence-electron chi connectivity index (χ1n) is 10.1. The van der Waals surface area contributed by atoms with Gasteiger partial charge in [0.15, 0.2) is 0 Å². The second kappa shape index (κ2) is 9.79. The Bertz CT molecular complexity index is 1120. The van der Waals surface area contributed by atoms with Gasteiger partial charge in [-0.3, -0.25) is 9.59 Å². The van der Waals surface area contributed by atoms with Gasteiger partial charge in [-0.15, -0.1) is 0 Å². The van der Waals surface area contributed by atoms with Crippen LogP contribution in [0.2, 0.25) is 5.02 Å². The third kappa shape index (κ3) is 5.33. The summed E-state index contributed by atoms with van der Waals surface area (Å²) >= 11 is 5.92. The van der Waals surface area contributed by atoms with E-state index in [0.717, 1.165) is 5.56 Å². The zero-order valence-corrected chi connectivity index (χ0v) is 18.8. The first-order chi connectivity index (χ1) is 14.8. The van der Waals surface area contributed by atoms with Gasteiger partial charge in [0.2, 0.25) is 5.91 Å². The summed E-state index contributed by atoms with van der Waals surface area (Å²) in [6.45, 7) is 5.60. The predicted molar refractivity (Wildman–Crippen MR) is 123 cm³/mol. The quantitative estimate of drug-likeness (QED) is 0.582. The van der Waals surface area contributed by atoms with Crippen LogP contribution in [0.3, 0.4) is 0 Å². The van der Waals surface area contributed by atoms with Crippen LogP contribution in [-0.2, 0) is 11.2 Å². The Morgan fingerprint density at radius 1 is 1.13 bits per heavy atom. The molecular weight excluding hydrogens is 414 g/mol. The van der Waals surface area contributed by atoms with Gasteiger partial charge in [0.25, 0.3) is 5.56 Å². The van der Waals surface area contributed by atoms with E-state index in [1.165, 1.54) is 4.68 Å². The van der Waals surface area contributed by atoms with Gasteiger partial charge in [-0.1, -0.05) is 43.6 Å². The van der Waals surface area contributed by atoms with Gasteiger partial charge in [-0.05, 0) is 54.8 Å². The number of anilines is 1. The fourth-order valence-electron chi connectivity index (χ4n) is 3.52. The molecule has 2 aromatic carbocycles. The number of amides is 1. The number of benzene rings is 2. The van der Waals surface area contributed by atoms with Gasteiger partial charge in [-0.2, -0.15) is 5.10 Å². The van der Waals surface area contributed by atoms with Crippen molar-refractivity contribution < 1.29 is 9.53 Å². The maximum absolute atomic E-state index is 13.3. The molecular formula is C24H26ClN3O3. The van der Waals surface area contributed by atoms with Crippen molar-refractivity contribution in [1.29, 1.82) is 0 Å². The lowest BCUT2D eigenvalue weighted by atomic mass is 10.0. The number of nitrogens with zero attached hydrogens (tertiary/aromatic N) is 2. The molecule has 7 heteroatoms. The van der Waals surface area contributed by atoms with Crippen molar-refractivity contribution in [3.63, 3.8) is 0 Å². The molecule has 0 bridgehead atoms. The molecule has 3 aromatic rings. The molecule has 0 spiro atoms. The molecule has 1 N–H and O–H groups in total. The minimum absolute atomic E-state index is 0.154. The van der Waals surface area contributed by atoms with Crippen molar-refractivity contribution in [2.45, 2.75) is 33.2 Å². The minimum atomic E-state index is -0.764. The van der Waals surface area contributed by atoms with Crippen LogP contribution >= 0.6 is 11.6 Å². The van der Waals surface area contributed by atoms with E-state index in [4.69, 9.17) is 16.3 Å². The number of aryl methyl sites for hydroxylation is 1. The summed E-state index contributed by atoms with van der Waals surface area (Å²) in [7, 11) is 1.60. The average molecular weight is 440 g/mol. The second-order valence-electron chi connectivity index (χ2n) is 7.73. The number of rotatable bonds is 7. The Morgan fingerprint density at radius 2 is 1.81 bits per heavy atom. The largest absolute Gasteiger partial charge is 0.496 e. The summed E-state index contributed by atoms with van der Waals surface area (Å²) in [6.07, 6.45) is 0.385. The summed E-state index contributed by atoms with van der Waals surface area (Å²) < 4.78 is 6.72. The summed E-state index contributed by atoms with van der Waals surface area (Å²) in [4.78, 5) is 26.4. The molecule has 1 unspecified atom stereocenters. The number of aromatic nitrogens is 2. The Kier molecular flexibility index (Phi) is 7.13. The SMILES string of the molecule is COc1ccccc1Cc1cc(C)nn(C(C(=O)Nc2ccc(Cl)cc2)C(C)C)c1=O. The number of hydrogen-bond acceptors (Lipinski definition) is 4. The summed E-state index contributed by atoms with van der Waals surface area (Å²) in [6, 6.07) is 15.4. The van der Waals surface area contributed by atoms with Crippen LogP contribution in [0.5, 0.6) is 5.75 Å². The molecule has 0 aliphatic carbocycles. The van der Waals surface area contributed by atoms with Gasteiger partial charge in [0.1, 0.15) is 11.8 Å². The van der Waals surface area contributed by atoms with E-state index in [1.807, 2.05) is 45.0 Å². The average Bonchev–Trinajstić information content (AvgIpc) is 2.73. The number of ether oxygens (including phenoxy) is 1. The van der Waals surface area contributed by atoms with Gasteiger partial charge < -0.3 is 10.1 Å². The molecule has 6 nitrogen and oxygen atoms in total. The molecule has 1 heterocycles. The van der Waals surface area contributed by atoms with Crippen molar-refractivity contribution in [2.24, 2.45) is 5.92 Å². The summed E-state index contributed by atoms with van der Waals surface area (Å²) in [5, 5.41) is 7.85. The van der Waals surface area contributed by atoms with Gasteiger partial charge >= 0.3 is 0 Å². The van der Waals surface area contributed by atoms with E-state index in [9.17, 15) is 9.59 Å². The number of para-hydroxylation sites is 1. The van der Waals surface area contributed by atoms with E-state index < -0.39 is 6.04 Å². The van der Waals surface area contributed by atoms with Gasteiger partial charge in [-0.25, -0.2) is 4.68 Å². The van der Waals surface area contributed by atoms with Crippen molar-refractivity contribution >= 4 is 23.2 Å². The third-order valence-electron chi connectivity index (χ3n) is 4.98. The fraction of sp³-hybridized carbons (Fsp3) is 0.292. The Hall–Kier alpha value is -3.12. The molecule has 0 saturated carbocycles. The highest BCUT2D eigenvalue weighted by atomic mass is 35.5. The molecule has 1 amide bonds. The molecule has 162 valence electrons. The fourth-order valence-corrected chi connectivity index (χ4v) is 3.65. The van der Waals surface area contributed by atoms with Crippen LogP contribution < -0.4 is 15.6 Å². The number of carbonyl (C=O) groups excluding carboxylic acids is 1. The van der Waals surface area contributed by atoms with Crippen molar-refractivity contribution in [3.8, 4) is 5.75 Å². The summed E-state index contributed by atoms with van der Waals surface area (Å²) in [5.41, 5.74) is 2.43. The molecule has 0 saturated heterocycles. The lowest BCUT2D eigenvalue weighted by Crippen LogP contribution is -2.39. The normalized spacial score (nSPS) is 11.9. The van der Waals surface area contributed by atoms with Crippen LogP contribution in [-0.4, -0.2) is 22.8 Å². The number of carbonyl (C=O) groups is 1. The maximum atomic E-state index is 13.3. The smallest absolute Gasteiger partial charge is 0.271 e. The molecule has 0 radical (unpaired) electrons. The first kappa shape index (κ1) is 22.6. The van der Waals surface area contributed by atoms with Crippen LogP contribution in [0.1, 0.15) is 36.7 Å². The lowest BCUT2D eigenvalue weighted by Gasteiger charge is -2.23. The highest BCUT2D eigenvalue weighted by Gasteiger charge is 2.27. The van der Waals surface area contributed by atoms with Crippen LogP contribution in [0.25, 0.3) is 0 Å². The number of nitrogens with one attached hydrogen (secondary N) is 1. The Morgan fingerprint density at radius 3 is 2.45 bits per heavy atom. The topological polar surface area (TPSA) is 73.2 Å². The monoisotopic (exact) mass is 439 g/mol. The molecule has 1 aromatic heterocycles. The third-order valence-corrected chi connectivity index (χ3v) is 5.23. The minimum Gasteiger partial charge on any atom is -0.496 e. The molecule has 1 atom stereocenters. The molecule has 0 aliphatic heterocycles. The zero-order valence-electron chi connectivity index (χ0n) is 18.1. The number of halogens is 1. The van der Waals surface area contributed by atoms with Crippen LogP contribution in [0.4, 0.5) is 5.69 Å². The van der Waals surface area contributed by atoms with E-state index in [0.29, 0.717) is 34.1 Å². The van der Waals surface area contributed by atoms with Crippen molar-refractivity contribution in [2.75, 3.05) is 12.4 Å². The van der Waals surface area contributed by atoms with Crippen molar-refractivity contribution in [1.82, 2.24) is 9.78 Å². The van der Waals surface area contributed by atoms with Crippen LogP contribution in [0, 0.1) is 12.8 Å². The zero-order chi connectivity index (χ0) is 22.5. The van der Waals surface area contributed by atoms with Crippen molar-refractivity contribution in [3.05, 3.63) is 86.8 Å². The molecule has 3 rings (SSSR count). The lowest BCUT2D eigenvalue weighted by molar-refractivity contribution is -0.120. The highest BCUT2D eigenvalue weighted by molar-refractivity contribution is 6.30. The van der Waals surface area contributed by atoms with E-state index >= 15 is 0 Å². The Labute approximate surface area is 186 Å².